The quantitative estimate of drug-likeness (QED) is 0.612. The maximum Gasteiger partial charge on any atom is 0.324 e. The zero-order valence-corrected chi connectivity index (χ0v) is 19.4. The molecule has 0 aliphatic carbocycles. The number of amides is 2. The summed E-state index contributed by atoms with van der Waals surface area (Å²) in [5, 5.41) is 14.0. The molecule has 2 aromatic rings. The van der Waals surface area contributed by atoms with Crippen molar-refractivity contribution >= 4 is 23.1 Å². The molecule has 8 nitrogen and oxygen atoms in total. The van der Waals surface area contributed by atoms with Crippen LogP contribution >= 0.6 is 0 Å². The van der Waals surface area contributed by atoms with E-state index in [1.54, 1.807) is 30.8 Å². The molecule has 2 N–H and O–H groups in total. The van der Waals surface area contributed by atoms with Gasteiger partial charge in [0, 0.05) is 63.9 Å². The number of anilines is 3. The molecule has 1 saturated heterocycles. The molecule has 3 rings (SSSR count). The Bertz CT molecular complexity index is 886. The van der Waals surface area contributed by atoms with Crippen LogP contribution < -0.4 is 14.7 Å². The van der Waals surface area contributed by atoms with Crippen LogP contribution in [0.4, 0.5) is 21.9 Å². The number of benzene rings is 2. The van der Waals surface area contributed by atoms with Crippen LogP contribution in [0.1, 0.15) is 6.92 Å². The largest absolute Gasteiger partial charge is 0.508 e. The molecule has 0 radical (unpaired) electrons. The van der Waals surface area contributed by atoms with Crippen LogP contribution in [-0.2, 0) is 0 Å². The lowest BCUT2D eigenvalue weighted by atomic mass is 10.2. The van der Waals surface area contributed by atoms with E-state index in [-0.39, 0.29) is 6.03 Å². The molecule has 1 aliphatic heterocycles. The molecule has 0 bridgehead atoms. The fourth-order valence-electron chi connectivity index (χ4n) is 4.06. The van der Waals surface area contributed by atoms with Gasteiger partial charge in [-0.3, -0.25) is 9.80 Å². The summed E-state index contributed by atoms with van der Waals surface area (Å²) in [7, 11) is 5.42. The van der Waals surface area contributed by atoms with Crippen molar-refractivity contribution < 1.29 is 15.0 Å². The van der Waals surface area contributed by atoms with Gasteiger partial charge in [-0.25, -0.2) is 4.79 Å². The van der Waals surface area contributed by atoms with E-state index in [4.69, 9.17) is 1.43 Å². The predicted octanol–water partition coefficient (Wildman–Crippen LogP) is 2.48. The third-order valence-electron chi connectivity index (χ3n) is 5.73. The molecule has 174 valence electrons. The van der Waals surface area contributed by atoms with E-state index in [2.05, 4.69) is 27.0 Å². The first-order valence-corrected chi connectivity index (χ1v) is 11.0. The van der Waals surface area contributed by atoms with Crippen LogP contribution in [0.2, 0.25) is 0 Å². The molecule has 0 saturated carbocycles. The van der Waals surface area contributed by atoms with Crippen LogP contribution in [0, 0.1) is 0 Å². The number of phenols is 1. The van der Waals surface area contributed by atoms with E-state index < -0.39 is 6.10 Å². The topological polar surface area (TPSA) is 73.7 Å². The van der Waals surface area contributed by atoms with Gasteiger partial charge in [-0.2, -0.15) is 0 Å². The molecule has 8 heteroatoms. The average molecular weight is 443 g/mol. The smallest absolute Gasteiger partial charge is 0.324 e. The first-order chi connectivity index (χ1) is 15.8. The lowest BCUT2D eigenvalue weighted by Crippen LogP contribution is -2.46. The first kappa shape index (κ1) is 22.2. The summed E-state index contributed by atoms with van der Waals surface area (Å²) in [5.74, 6) is 0.541. The third kappa shape index (κ3) is 6.05. The minimum absolute atomic E-state index is 0.101. The summed E-state index contributed by atoms with van der Waals surface area (Å²) in [6, 6.07) is 15.6. The van der Waals surface area contributed by atoms with Crippen LogP contribution in [0.3, 0.4) is 0 Å². The minimum atomic E-state index is -0.436. The van der Waals surface area contributed by atoms with Crippen molar-refractivity contribution in [1.82, 2.24) is 9.80 Å². The van der Waals surface area contributed by atoms with E-state index in [0.717, 1.165) is 43.2 Å². The zero-order valence-electron chi connectivity index (χ0n) is 20.4. The van der Waals surface area contributed by atoms with Crippen molar-refractivity contribution in [2.45, 2.75) is 13.0 Å². The highest BCUT2D eigenvalue weighted by Crippen LogP contribution is 2.24. The fraction of sp³-hybridized carbons (Fsp3) is 0.458. The van der Waals surface area contributed by atoms with Crippen molar-refractivity contribution in [1.29, 1.82) is 1.43 Å². The van der Waals surface area contributed by atoms with Gasteiger partial charge in [0.05, 0.1) is 12.8 Å². The number of carbonyl (C=O) groups is 1. The Kier molecular flexibility index (Phi) is 7.34. The Hall–Kier alpha value is -2.97. The Labute approximate surface area is 192 Å². The lowest BCUT2D eigenvalue weighted by Gasteiger charge is -2.37. The number of carbonyl (C=O) groups excluding carboxylic acids is 1. The van der Waals surface area contributed by atoms with E-state index in [0.29, 0.717) is 19.0 Å². The minimum Gasteiger partial charge on any atom is -0.508 e. The number of aliphatic hydroxyl groups is 1. The number of nitrogens with zero attached hydrogens (tertiary/aromatic N) is 5. The standard InChI is InChI=1S/C24H35N5O3/c1-19(30)17-25(2)18-26(3)24(32)27(4)20-5-7-21(8-6-20)28-13-15-29(16-14-28)22-9-11-23(31)12-10-22/h5-12,19,30-31H,13-18H2,1-4H3/i/hD. The number of piperazine rings is 1. The molecule has 0 spiro atoms. The normalized spacial score (nSPS) is 15.4. The number of phenolic OH excluding ortho intramolecular Hbond substituents is 1. The Morgan fingerprint density at radius 1 is 0.969 bits per heavy atom. The molecule has 1 unspecified atom stereocenters. The average Bonchev–Trinajstić information content (AvgIpc) is 2.83. The Morgan fingerprint density at radius 3 is 1.94 bits per heavy atom. The van der Waals surface area contributed by atoms with Gasteiger partial charge in [0.25, 0.3) is 1.43 Å². The van der Waals surface area contributed by atoms with E-state index in [1.807, 2.05) is 48.3 Å². The van der Waals surface area contributed by atoms with Crippen molar-refractivity contribution in [3.8, 4) is 5.75 Å². The number of aliphatic hydroxyl groups excluding tert-OH is 1. The van der Waals surface area contributed by atoms with Crippen LogP contribution in [-0.4, -0.2) is 94.1 Å². The van der Waals surface area contributed by atoms with Crippen molar-refractivity contribution in [3.05, 3.63) is 48.5 Å². The molecule has 1 fully saturated rings. The van der Waals surface area contributed by atoms with Gasteiger partial charge < -0.3 is 24.9 Å². The summed E-state index contributed by atoms with van der Waals surface area (Å²) >= 11 is 0. The molecular formula is C24H35N5O3. The number of likely N-dealkylation sites (N-methyl/N-ethyl adjacent to an activating group) is 1. The molecule has 2 aromatic carbocycles. The zero-order chi connectivity index (χ0) is 24.0. The Balaban J connectivity index is 1.53. The van der Waals surface area contributed by atoms with E-state index in [9.17, 15) is 9.90 Å². The molecule has 1 heterocycles. The monoisotopic (exact) mass is 442 g/mol. The third-order valence-corrected chi connectivity index (χ3v) is 5.73. The number of hydrogen-bond acceptors (Lipinski definition) is 6. The highest BCUT2D eigenvalue weighted by molar-refractivity contribution is 5.91. The van der Waals surface area contributed by atoms with Gasteiger partial charge in [-0.05, 0) is 62.5 Å². The highest BCUT2D eigenvalue weighted by Gasteiger charge is 2.20. The summed E-state index contributed by atoms with van der Waals surface area (Å²) in [6.07, 6.45) is -0.436. The van der Waals surface area contributed by atoms with Crippen LogP contribution in [0.5, 0.6) is 5.75 Å². The number of hydrogen-bond donors (Lipinski definition) is 2. The second kappa shape index (κ2) is 10.6. The molecule has 2 amide bonds. The maximum atomic E-state index is 12.8. The SMILES string of the molecule is [2H]Oc1ccc(N2CCN(c3ccc(N(C)C(=O)N(C)CN(C)CC(C)O)cc3)CC2)cc1. The van der Waals surface area contributed by atoms with Gasteiger partial charge in [-0.15, -0.1) is 0 Å². The number of aromatic hydroxyl groups is 1. The summed E-state index contributed by atoms with van der Waals surface area (Å²) in [5.41, 5.74) is 3.11. The predicted molar refractivity (Wildman–Crippen MR) is 130 cm³/mol. The van der Waals surface area contributed by atoms with Gasteiger partial charge in [0.15, 0.2) is 0 Å². The summed E-state index contributed by atoms with van der Waals surface area (Å²) in [6.45, 7) is 6.31. The summed E-state index contributed by atoms with van der Waals surface area (Å²) in [4.78, 5) is 22.7. The van der Waals surface area contributed by atoms with Crippen molar-refractivity contribution in [3.63, 3.8) is 0 Å². The molecule has 1 aliphatic rings. The van der Waals surface area contributed by atoms with Crippen LogP contribution in [0.15, 0.2) is 48.5 Å². The number of rotatable bonds is 8. The molecular weight excluding hydrogens is 406 g/mol. The van der Waals surface area contributed by atoms with Crippen molar-refractivity contribution in [2.24, 2.45) is 0 Å². The highest BCUT2D eigenvalue weighted by atomic mass is 16.3. The van der Waals surface area contributed by atoms with Gasteiger partial charge in [-0.1, -0.05) is 0 Å². The Morgan fingerprint density at radius 2 is 1.47 bits per heavy atom. The second-order valence-corrected chi connectivity index (χ2v) is 8.55. The van der Waals surface area contributed by atoms with Gasteiger partial charge in [0.1, 0.15) is 5.75 Å². The van der Waals surface area contributed by atoms with Gasteiger partial charge >= 0.3 is 6.03 Å². The number of urea groups is 1. The van der Waals surface area contributed by atoms with Crippen LogP contribution in [0.25, 0.3) is 0 Å². The molecule has 1 atom stereocenters. The van der Waals surface area contributed by atoms with Crippen molar-refractivity contribution in [2.75, 3.05) is 75.2 Å². The first-order valence-electron chi connectivity index (χ1n) is 11.4. The lowest BCUT2D eigenvalue weighted by molar-refractivity contribution is 0.113. The fourth-order valence-corrected chi connectivity index (χ4v) is 4.06. The second-order valence-electron chi connectivity index (χ2n) is 8.55. The molecule has 0 aromatic heterocycles. The maximum absolute atomic E-state index is 12.8. The summed E-state index contributed by atoms with van der Waals surface area (Å²) < 4.78 is 6.96. The molecule has 32 heavy (non-hydrogen) atoms. The van der Waals surface area contributed by atoms with Gasteiger partial charge in [0.2, 0.25) is 0 Å². The van der Waals surface area contributed by atoms with E-state index >= 15 is 0 Å². The van der Waals surface area contributed by atoms with E-state index in [1.165, 1.54) is 0 Å².